The van der Waals surface area contributed by atoms with Crippen LogP contribution in [0.15, 0.2) is 24.3 Å². The number of hydrogen-bond donors (Lipinski definition) is 2. The molecule has 0 aliphatic carbocycles. The molecule has 1 saturated heterocycles. The van der Waals surface area contributed by atoms with Crippen LogP contribution in [0.25, 0.3) is 0 Å². The zero-order valence-corrected chi connectivity index (χ0v) is 15.6. The average Bonchev–Trinajstić information content (AvgIpc) is 2.42. The van der Waals surface area contributed by atoms with Crippen LogP contribution in [0.5, 0.6) is 0 Å². The molecule has 4 nitrogen and oxygen atoms in total. The van der Waals surface area contributed by atoms with Crippen LogP contribution in [-0.4, -0.2) is 36.0 Å². The molecule has 1 fully saturated rings. The van der Waals surface area contributed by atoms with E-state index in [0.717, 1.165) is 32.5 Å². The molecule has 132 valence electrons. The van der Waals surface area contributed by atoms with Crippen molar-refractivity contribution in [3.63, 3.8) is 0 Å². The Bertz CT molecular complexity index is 475. The number of nitrogens with one attached hydrogen (secondary N) is 1. The summed E-state index contributed by atoms with van der Waals surface area (Å²) < 4.78 is 0. The first-order valence-electron chi connectivity index (χ1n) is 7.86. The van der Waals surface area contributed by atoms with Crippen LogP contribution in [-0.2, 0) is 11.3 Å². The predicted molar refractivity (Wildman–Crippen MR) is 100 cm³/mol. The Balaban J connectivity index is 0.00000242. The van der Waals surface area contributed by atoms with Crippen molar-refractivity contribution in [2.24, 2.45) is 5.73 Å². The van der Waals surface area contributed by atoms with Crippen LogP contribution < -0.4 is 11.1 Å². The van der Waals surface area contributed by atoms with Crippen molar-refractivity contribution in [3.8, 4) is 0 Å². The number of rotatable bonds is 5. The van der Waals surface area contributed by atoms with Crippen LogP contribution in [0, 0.1) is 6.92 Å². The third-order valence-electron chi connectivity index (χ3n) is 4.12. The van der Waals surface area contributed by atoms with E-state index in [2.05, 4.69) is 41.4 Å². The van der Waals surface area contributed by atoms with Gasteiger partial charge < -0.3 is 11.1 Å². The second-order valence-electron chi connectivity index (χ2n) is 6.23. The van der Waals surface area contributed by atoms with Crippen LogP contribution >= 0.6 is 24.8 Å². The first-order valence-corrected chi connectivity index (χ1v) is 7.86. The van der Waals surface area contributed by atoms with Gasteiger partial charge in [-0.3, -0.25) is 9.69 Å². The molecule has 1 heterocycles. The lowest BCUT2D eigenvalue weighted by atomic mass is 10.0. The lowest BCUT2D eigenvalue weighted by Gasteiger charge is -2.32. The number of amides is 1. The highest BCUT2D eigenvalue weighted by Crippen LogP contribution is 2.16. The Morgan fingerprint density at radius 3 is 2.48 bits per heavy atom. The normalized spacial score (nSPS) is 16.8. The summed E-state index contributed by atoms with van der Waals surface area (Å²) in [5, 5.41) is 3.10. The topological polar surface area (TPSA) is 58.4 Å². The minimum absolute atomic E-state index is 0. The quantitative estimate of drug-likeness (QED) is 0.847. The van der Waals surface area contributed by atoms with Gasteiger partial charge in [0.2, 0.25) is 5.91 Å². The molecule has 1 atom stereocenters. The first-order chi connectivity index (χ1) is 10.0. The fraction of sp³-hybridized carbons (Fsp3) is 0.588. The lowest BCUT2D eigenvalue weighted by molar-refractivity contribution is -0.122. The van der Waals surface area contributed by atoms with Crippen molar-refractivity contribution in [3.05, 3.63) is 35.4 Å². The Labute approximate surface area is 152 Å². The molecule has 6 heteroatoms. The van der Waals surface area contributed by atoms with Gasteiger partial charge in [0.15, 0.2) is 0 Å². The Morgan fingerprint density at radius 1 is 1.30 bits per heavy atom. The van der Waals surface area contributed by atoms with Gasteiger partial charge in [-0.25, -0.2) is 0 Å². The van der Waals surface area contributed by atoms with Gasteiger partial charge in [-0.1, -0.05) is 24.3 Å². The molecular weight excluding hydrogens is 333 g/mol. The highest BCUT2D eigenvalue weighted by Gasteiger charge is 2.21. The van der Waals surface area contributed by atoms with Crippen LogP contribution in [0.3, 0.4) is 0 Å². The number of nitrogens with two attached hydrogens (primary N) is 1. The zero-order chi connectivity index (χ0) is 15.2. The first kappa shape index (κ1) is 22.2. The summed E-state index contributed by atoms with van der Waals surface area (Å²) in [7, 11) is 0. The van der Waals surface area contributed by atoms with Gasteiger partial charge in [0.25, 0.3) is 0 Å². The highest BCUT2D eigenvalue weighted by atomic mass is 35.5. The molecule has 0 spiro atoms. The van der Waals surface area contributed by atoms with Crippen molar-refractivity contribution < 1.29 is 4.79 Å². The van der Waals surface area contributed by atoms with Crippen molar-refractivity contribution in [1.82, 2.24) is 10.2 Å². The predicted octanol–water partition coefficient (Wildman–Crippen LogP) is 2.66. The molecule has 3 N–H and O–H groups in total. The van der Waals surface area contributed by atoms with Gasteiger partial charge in [0.1, 0.15) is 0 Å². The fourth-order valence-electron chi connectivity index (χ4n) is 2.84. The monoisotopic (exact) mass is 361 g/mol. The number of carbonyl (C=O) groups excluding carboxylic acids is 1. The molecule has 1 aliphatic rings. The van der Waals surface area contributed by atoms with Gasteiger partial charge >= 0.3 is 0 Å². The smallest absolute Gasteiger partial charge is 0.221 e. The lowest BCUT2D eigenvalue weighted by Crippen LogP contribution is -2.45. The number of halogens is 2. The standard InChI is InChI=1S/C17H27N3O.2ClH/c1-13-5-3-4-6-15(13)12-20-9-7-16(8-10-20)19-17(21)11-14(2)18;;/h3-6,14,16H,7-12,18H2,1-2H3,(H,19,21);2*1H. The maximum atomic E-state index is 11.7. The largest absolute Gasteiger partial charge is 0.353 e. The second kappa shape index (κ2) is 10.9. The van der Waals surface area contributed by atoms with Gasteiger partial charge in [-0.05, 0) is 37.8 Å². The van der Waals surface area contributed by atoms with E-state index < -0.39 is 0 Å². The summed E-state index contributed by atoms with van der Waals surface area (Å²) in [5.41, 5.74) is 8.40. The molecule has 1 aliphatic heterocycles. The molecule has 0 bridgehead atoms. The van der Waals surface area contributed by atoms with E-state index in [9.17, 15) is 4.79 Å². The fourth-order valence-corrected chi connectivity index (χ4v) is 2.84. The minimum Gasteiger partial charge on any atom is -0.353 e. The third kappa shape index (κ3) is 7.53. The van der Waals surface area contributed by atoms with Crippen molar-refractivity contribution in [2.75, 3.05) is 13.1 Å². The van der Waals surface area contributed by atoms with E-state index in [1.54, 1.807) is 0 Å². The molecule has 1 aromatic rings. The Hall–Kier alpha value is -0.810. The summed E-state index contributed by atoms with van der Waals surface area (Å²) >= 11 is 0. The molecule has 0 radical (unpaired) electrons. The van der Waals surface area contributed by atoms with Crippen molar-refractivity contribution in [2.45, 2.75) is 51.7 Å². The number of hydrogen-bond acceptors (Lipinski definition) is 3. The molecule has 0 aromatic heterocycles. The Kier molecular flexibility index (Phi) is 10.5. The molecule has 1 unspecified atom stereocenters. The van der Waals surface area contributed by atoms with E-state index >= 15 is 0 Å². The number of carbonyl (C=O) groups is 1. The SMILES string of the molecule is Cc1ccccc1CN1CCC(NC(=O)CC(C)N)CC1.Cl.Cl. The molecular formula is C17H29Cl2N3O. The number of likely N-dealkylation sites (tertiary alicyclic amines) is 1. The summed E-state index contributed by atoms with van der Waals surface area (Å²) in [6.07, 6.45) is 2.47. The van der Waals surface area contributed by atoms with E-state index in [1.807, 2.05) is 6.92 Å². The third-order valence-corrected chi connectivity index (χ3v) is 4.12. The summed E-state index contributed by atoms with van der Waals surface area (Å²) in [5.74, 6) is 0.0855. The van der Waals surface area contributed by atoms with Crippen LogP contribution in [0.2, 0.25) is 0 Å². The molecule has 23 heavy (non-hydrogen) atoms. The number of nitrogens with zero attached hydrogens (tertiary/aromatic N) is 1. The molecule has 2 rings (SSSR count). The molecule has 0 saturated carbocycles. The van der Waals surface area contributed by atoms with Gasteiger partial charge in [0.05, 0.1) is 0 Å². The molecule has 1 amide bonds. The van der Waals surface area contributed by atoms with Crippen molar-refractivity contribution in [1.29, 1.82) is 0 Å². The van der Waals surface area contributed by atoms with E-state index in [-0.39, 0.29) is 36.8 Å². The second-order valence-corrected chi connectivity index (χ2v) is 6.23. The maximum absolute atomic E-state index is 11.7. The average molecular weight is 362 g/mol. The van der Waals surface area contributed by atoms with Crippen LogP contribution in [0.4, 0.5) is 0 Å². The number of piperidine rings is 1. The van der Waals surface area contributed by atoms with E-state index in [4.69, 9.17) is 5.73 Å². The summed E-state index contributed by atoms with van der Waals surface area (Å²) in [6, 6.07) is 8.79. The minimum atomic E-state index is -0.0638. The van der Waals surface area contributed by atoms with Crippen LogP contribution in [0.1, 0.15) is 37.3 Å². The highest BCUT2D eigenvalue weighted by molar-refractivity contribution is 5.85. The van der Waals surface area contributed by atoms with Gasteiger partial charge in [-0.2, -0.15) is 0 Å². The number of aryl methyl sites for hydroxylation is 1. The van der Waals surface area contributed by atoms with Gasteiger partial charge in [-0.15, -0.1) is 24.8 Å². The Morgan fingerprint density at radius 2 is 1.91 bits per heavy atom. The summed E-state index contributed by atoms with van der Waals surface area (Å²) in [4.78, 5) is 14.2. The maximum Gasteiger partial charge on any atom is 0.221 e. The molecule has 1 aromatic carbocycles. The summed E-state index contributed by atoms with van der Waals surface area (Å²) in [6.45, 7) is 7.11. The van der Waals surface area contributed by atoms with E-state index in [0.29, 0.717) is 12.5 Å². The van der Waals surface area contributed by atoms with Crippen molar-refractivity contribution >= 4 is 30.7 Å². The number of benzene rings is 1. The van der Waals surface area contributed by atoms with Gasteiger partial charge in [0, 0.05) is 38.1 Å². The van der Waals surface area contributed by atoms with E-state index in [1.165, 1.54) is 11.1 Å². The zero-order valence-electron chi connectivity index (χ0n) is 14.0.